The number of methoxy groups -OCH3 is 3. The van der Waals surface area contributed by atoms with Gasteiger partial charge >= 0.3 is 17.9 Å². The number of esters is 1. The highest BCUT2D eigenvalue weighted by molar-refractivity contribution is 6.06. The number of ketones is 1. The van der Waals surface area contributed by atoms with Crippen LogP contribution in [0.4, 0.5) is 10.5 Å². The fourth-order valence-corrected chi connectivity index (χ4v) is 8.40. The maximum absolute atomic E-state index is 14.8. The maximum atomic E-state index is 14.8. The molecule has 1 aromatic carbocycles. The number of piperidine rings is 1. The number of rotatable bonds is 5. The molecule has 0 radical (unpaired) electrons. The van der Waals surface area contributed by atoms with Crippen LogP contribution >= 0.6 is 0 Å². The highest BCUT2D eigenvalue weighted by Crippen LogP contribution is 2.79. The van der Waals surface area contributed by atoms with E-state index in [0.717, 1.165) is 7.11 Å². The molecule has 0 saturated carbocycles. The van der Waals surface area contributed by atoms with Crippen molar-refractivity contribution in [1.82, 2.24) is 4.90 Å². The van der Waals surface area contributed by atoms with Crippen molar-refractivity contribution < 1.29 is 47.6 Å². The average Bonchev–Trinajstić information content (AvgIpc) is 3.46. The summed E-state index contributed by atoms with van der Waals surface area (Å²) < 4.78 is 34.5. The number of nitrogens with zero attached hydrogens (tertiary/aromatic N) is 2. The molecule has 4 fully saturated rings. The summed E-state index contributed by atoms with van der Waals surface area (Å²) >= 11 is 0. The number of fused-ring (bicyclic) bond motifs is 3. The summed E-state index contributed by atoms with van der Waals surface area (Å²) in [5, 5.41) is 0. The molecular weight excluding hydrogens is 524 g/mol. The zero-order valence-corrected chi connectivity index (χ0v) is 23.7. The van der Waals surface area contributed by atoms with Crippen LogP contribution in [-0.4, -0.2) is 86.8 Å². The zero-order valence-electron chi connectivity index (χ0n) is 23.7. The number of hydrogen-bond donors (Lipinski definition) is 0. The van der Waals surface area contributed by atoms with Gasteiger partial charge in [0.05, 0.1) is 44.3 Å². The molecule has 5 aliphatic heterocycles. The van der Waals surface area contributed by atoms with Crippen molar-refractivity contribution >= 4 is 29.5 Å². The van der Waals surface area contributed by atoms with E-state index >= 15 is 0 Å². The highest BCUT2D eigenvalue weighted by atomic mass is 16.8. The van der Waals surface area contributed by atoms with E-state index in [1.54, 1.807) is 43.7 Å². The molecule has 5 aliphatic rings. The lowest BCUT2D eigenvalue weighted by Crippen LogP contribution is -2.74. The van der Waals surface area contributed by atoms with E-state index in [-0.39, 0.29) is 25.2 Å². The van der Waals surface area contributed by atoms with E-state index in [1.807, 2.05) is 6.07 Å². The van der Waals surface area contributed by atoms with Gasteiger partial charge in [-0.2, -0.15) is 0 Å². The first-order chi connectivity index (χ1) is 18.8. The topological polar surface area (TPSA) is 130 Å². The Hall–Kier alpha value is -3.54. The van der Waals surface area contributed by atoms with Crippen molar-refractivity contribution in [1.29, 1.82) is 0 Å². The smallest absolute Gasteiger partial charge is 0.493 e. The lowest BCUT2D eigenvalue weighted by molar-refractivity contribution is -0.243. The molecule has 0 aliphatic carbocycles. The molecule has 2 bridgehead atoms. The Balaban J connectivity index is 1.67. The van der Waals surface area contributed by atoms with Crippen molar-refractivity contribution in [2.75, 3.05) is 39.8 Å². The molecule has 4 saturated heterocycles. The fraction of sp³-hybridized carbons (Fsp3) is 0.643. The molecule has 12 heteroatoms. The number of amides is 1. The van der Waals surface area contributed by atoms with Gasteiger partial charge in [-0.05, 0) is 45.2 Å². The second-order valence-electron chi connectivity index (χ2n) is 12.2. The average molecular weight is 559 g/mol. The van der Waals surface area contributed by atoms with Gasteiger partial charge in [-0.1, -0.05) is 6.07 Å². The van der Waals surface area contributed by atoms with E-state index in [0.29, 0.717) is 35.7 Å². The Labute approximate surface area is 231 Å². The minimum atomic E-state index is -2.18. The second-order valence-corrected chi connectivity index (χ2v) is 12.2. The zero-order chi connectivity index (χ0) is 29.0. The Morgan fingerprint density at radius 2 is 1.85 bits per heavy atom. The van der Waals surface area contributed by atoms with Crippen LogP contribution in [0.15, 0.2) is 12.1 Å². The van der Waals surface area contributed by atoms with Gasteiger partial charge in [0.2, 0.25) is 11.7 Å². The van der Waals surface area contributed by atoms with Crippen molar-refractivity contribution in [3.05, 3.63) is 17.7 Å². The predicted molar refractivity (Wildman–Crippen MR) is 137 cm³/mol. The van der Waals surface area contributed by atoms with Crippen molar-refractivity contribution in [2.45, 2.75) is 75.0 Å². The van der Waals surface area contributed by atoms with E-state index in [4.69, 9.17) is 28.4 Å². The molecule has 0 N–H and O–H groups in total. The molecule has 5 heterocycles. The van der Waals surface area contributed by atoms with Gasteiger partial charge in [-0.3, -0.25) is 14.4 Å². The van der Waals surface area contributed by atoms with Crippen LogP contribution in [0, 0.1) is 5.41 Å². The summed E-state index contributed by atoms with van der Waals surface area (Å²) in [5.74, 6) is -2.72. The Morgan fingerprint density at radius 3 is 2.48 bits per heavy atom. The van der Waals surface area contributed by atoms with Crippen molar-refractivity contribution in [3.63, 3.8) is 0 Å². The van der Waals surface area contributed by atoms with Crippen molar-refractivity contribution in [2.24, 2.45) is 5.41 Å². The SMILES string of the molecule is COC(=O)O[C@@]12O[C@@]34N(CCC[C@]3(CC(=O)OC(C)(C)C)C1=O)C(=O)C[C@]41c3ccc(OC)c(OC)c3N(C)[C@H]21. The lowest BCUT2D eigenvalue weighted by atomic mass is 9.50. The summed E-state index contributed by atoms with van der Waals surface area (Å²) in [6.07, 6.45) is -0.797. The number of carbonyl (C=O) groups is 4. The van der Waals surface area contributed by atoms with Crippen molar-refractivity contribution in [3.8, 4) is 11.5 Å². The third-order valence-corrected chi connectivity index (χ3v) is 9.23. The molecule has 1 amide bonds. The number of likely N-dealkylation sites (N-methyl/N-ethyl adjacent to an activating group) is 1. The van der Waals surface area contributed by atoms with Gasteiger partial charge in [0.1, 0.15) is 11.6 Å². The van der Waals surface area contributed by atoms with E-state index < -0.39 is 51.9 Å². The van der Waals surface area contributed by atoms with E-state index in [1.165, 1.54) is 14.2 Å². The van der Waals surface area contributed by atoms with Crippen LogP contribution in [-0.2, 0) is 38.7 Å². The molecule has 5 atom stereocenters. The van der Waals surface area contributed by atoms with Crippen LogP contribution in [0.5, 0.6) is 11.5 Å². The van der Waals surface area contributed by atoms with Crippen LogP contribution in [0.3, 0.4) is 0 Å². The van der Waals surface area contributed by atoms with Crippen LogP contribution in [0.25, 0.3) is 0 Å². The Morgan fingerprint density at radius 1 is 1.12 bits per heavy atom. The number of ether oxygens (including phenoxy) is 6. The summed E-state index contributed by atoms with van der Waals surface area (Å²) in [6.45, 7) is 5.55. The van der Waals surface area contributed by atoms with Crippen LogP contribution in [0.1, 0.15) is 52.0 Å². The third kappa shape index (κ3) is 2.75. The largest absolute Gasteiger partial charge is 0.510 e. The maximum Gasteiger partial charge on any atom is 0.510 e. The summed E-state index contributed by atoms with van der Waals surface area (Å²) in [5.41, 5.74) is -3.89. The van der Waals surface area contributed by atoms with E-state index in [2.05, 4.69) is 0 Å². The predicted octanol–water partition coefficient (Wildman–Crippen LogP) is 2.29. The van der Waals surface area contributed by atoms with Gasteiger partial charge in [0.25, 0.3) is 0 Å². The first kappa shape index (κ1) is 26.7. The normalized spacial score (nSPS) is 34.8. The minimum absolute atomic E-state index is 0.0277. The number of hydrogen-bond acceptors (Lipinski definition) is 11. The third-order valence-electron chi connectivity index (χ3n) is 9.23. The van der Waals surface area contributed by atoms with Crippen LogP contribution in [0.2, 0.25) is 0 Å². The molecule has 12 nitrogen and oxygen atoms in total. The highest BCUT2D eigenvalue weighted by Gasteiger charge is 2.96. The molecule has 6 rings (SSSR count). The molecule has 0 unspecified atom stereocenters. The van der Waals surface area contributed by atoms with Gasteiger partial charge in [-0.15, -0.1) is 0 Å². The molecular formula is C28H34N2O10. The lowest BCUT2D eigenvalue weighted by Gasteiger charge is -2.56. The number of Topliss-reactive ketones (excluding diaryl/α,β-unsaturated/α-hetero) is 1. The molecule has 2 spiro atoms. The number of anilines is 1. The minimum Gasteiger partial charge on any atom is -0.493 e. The Kier molecular flexibility index (Phi) is 5.35. The fourth-order valence-electron chi connectivity index (χ4n) is 8.40. The summed E-state index contributed by atoms with van der Waals surface area (Å²) in [6, 6.07) is 2.62. The van der Waals surface area contributed by atoms with Crippen LogP contribution < -0.4 is 14.4 Å². The van der Waals surface area contributed by atoms with Gasteiger partial charge < -0.3 is 38.2 Å². The molecule has 0 aromatic heterocycles. The number of carbonyl (C=O) groups excluding carboxylic acids is 4. The second kappa shape index (κ2) is 8.02. The Bertz CT molecular complexity index is 1360. The number of benzene rings is 1. The monoisotopic (exact) mass is 558 g/mol. The van der Waals surface area contributed by atoms with E-state index in [9.17, 15) is 19.2 Å². The summed E-state index contributed by atoms with van der Waals surface area (Å²) in [4.78, 5) is 58.3. The molecule has 1 aromatic rings. The standard InChI is InChI=1S/C28H34N2O10/c1-24(2,3)38-18(32)14-25-11-8-12-30-17(31)13-26-15-9-10-16(35-5)20(36-6)19(15)29(4)21(26)27(22(25)33,39-23(34)37-7)40-28(25,26)30/h9-10,21H,8,11-14H2,1-7H3/t21-,25-,26+,27-,28-/m0/s1. The first-order valence-electron chi connectivity index (χ1n) is 13.3. The van der Waals surface area contributed by atoms with Gasteiger partial charge in [0.15, 0.2) is 17.2 Å². The quantitative estimate of drug-likeness (QED) is 0.494. The molecule has 40 heavy (non-hydrogen) atoms. The summed E-state index contributed by atoms with van der Waals surface area (Å²) in [7, 11) is 5.90. The first-order valence-corrected chi connectivity index (χ1v) is 13.3. The van der Waals surface area contributed by atoms with Gasteiger partial charge in [0, 0.05) is 20.0 Å². The van der Waals surface area contributed by atoms with Gasteiger partial charge in [-0.25, -0.2) is 4.79 Å². The molecule has 216 valence electrons.